The molecule has 7 nitrogen and oxygen atoms in total. The predicted molar refractivity (Wildman–Crippen MR) is 135 cm³/mol. The van der Waals surface area contributed by atoms with E-state index in [2.05, 4.69) is 34.7 Å². The Bertz CT molecular complexity index is 709. The second kappa shape index (κ2) is 13.3. The first-order valence-corrected chi connectivity index (χ1v) is 10.6. The van der Waals surface area contributed by atoms with Crippen LogP contribution in [0.5, 0.6) is 0 Å². The number of aliphatic imine (C=N–C) groups is 1. The Labute approximate surface area is 202 Å². The molecule has 0 saturated carbocycles. The monoisotopic (exact) mass is 551 g/mol. The van der Waals surface area contributed by atoms with Crippen molar-refractivity contribution in [2.24, 2.45) is 4.99 Å². The van der Waals surface area contributed by atoms with E-state index in [1.807, 2.05) is 32.0 Å². The van der Waals surface area contributed by atoms with Gasteiger partial charge in [-0.15, -0.1) is 24.0 Å². The summed E-state index contributed by atoms with van der Waals surface area (Å²) < 4.78 is 5.44. The summed E-state index contributed by atoms with van der Waals surface area (Å²) in [7, 11) is 0. The van der Waals surface area contributed by atoms with E-state index in [0.29, 0.717) is 24.5 Å². The van der Waals surface area contributed by atoms with Gasteiger partial charge in [0.15, 0.2) is 5.96 Å². The van der Waals surface area contributed by atoms with E-state index in [0.717, 1.165) is 50.1 Å². The van der Waals surface area contributed by atoms with Gasteiger partial charge < -0.3 is 20.7 Å². The normalized spacial score (nSPS) is 15.3. The maximum atomic E-state index is 12.3. The van der Waals surface area contributed by atoms with Crippen LogP contribution in [0.25, 0.3) is 0 Å². The number of guanidine groups is 1. The van der Waals surface area contributed by atoms with Gasteiger partial charge in [-0.3, -0.25) is 14.7 Å². The topological polar surface area (TPSA) is 78.0 Å². The van der Waals surface area contributed by atoms with Gasteiger partial charge in [0.1, 0.15) is 0 Å². The molecule has 1 heterocycles. The fraction of sp³-hybridized carbons (Fsp3) is 0.619. The number of nitrogens with zero attached hydrogens (tertiary/aromatic N) is 2. The molecule has 9 heteroatoms. The minimum Gasteiger partial charge on any atom is -0.379 e. The molecular formula is C21H35ClIN5O2. The lowest BCUT2D eigenvalue weighted by Crippen LogP contribution is -2.52. The number of carbonyl (C=O) groups excluding carboxylic acids is 1. The second-order valence-electron chi connectivity index (χ2n) is 7.74. The molecule has 1 aliphatic heterocycles. The Hall–Kier alpha value is -1.10. The van der Waals surface area contributed by atoms with Gasteiger partial charge in [-0.1, -0.05) is 17.7 Å². The smallest absolute Gasteiger partial charge is 0.226 e. The highest BCUT2D eigenvalue weighted by Crippen LogP contribution is 2.23. The number of amides is 1. The van der Waals surface area contributed by atoms with Crippen molar-refractivity contribution in [3.8, 4) is 0 Å². The second-order valence-corrected chi connectivity index (χ2v) is 8.15. The van der Waals surface area contributed by atoms with Crippen LogP contribution < -0.4 is 16.0 Å². The highest BCUT2D eigenvalue weighted by atomic mass is 127. The van der Waals surface area contributed by atoms with Crippen molar-refractivity contribution in [1.82, 2.24) is 15.5 Å². The predicted octanol–water partition coefficient (Wildman–Crippen LogP) is 3.26. The van der Waals surface area contributed by atoms with Gasteiger partial charge in [0, 0.05) is 48.8 Å². The number of ether oxygens (including phenoxy) is 1. The Morgan fingerprint density at radius 3 is 2.63 bits per heavy atom. The number of benzene rings is 1. The van der Waals surface area contributed by atoms with Crippen LogP contribution >= 0.6 is 35.6 Å². The Kier molecular flexibility index (Phi) is 12.0. The summed E-state index contributed by atoms with van der Waals surface area (Å²) in [5, 5.41) is 10.1. The largest absolute Gasteiger partial charge is 0.379 e. The minimum absolute atomic E-state index is 0. The molecule has 1 aromatic carbocycles. The molecule has 0 spiro atoms. The molecule has 2 rings (SSSR count). The lowest BCUT2D eigenvalue weighted by molar-refractivity contribution is -0.116. The third kappa shape index (κ3) is 8.56. The van der Waals surface area contributed by atoms with Crippen molar-refractivity contribution in [2.75, 3.05) is 51.3 Å². The summed E-state index contributed by atoms with van der Waals surface area (Å²) in [5.41, 5.74) is 1.57. The summed E-state index contributed by atoms with van der Waals surface area (Å²) in [5.74, 6) is 0.660. The third-order valence-electron chi connectivity index (χ3n) is 5.02. The van der Waals surface area contributed by atoms with Crippen LogP contribution in [0.15, 0.2) is 23.2 Å². The SMILES string of the molecule is CCNC(=NCC(C)(C)N1CCOCC1)NCCC(=O)Nc1cccc(Cl)c1C.I. The summed E-state index contributed by atoms with van der Waals surface area (Å²) in [6.07, 6.45) is 0.337. The van der Waals surface area contributed by atoms with Gasteiger partial charge in [0.25, 0.3) is 0 Å². The van der Waals surface area contributed by atoms with Crippen molar-refractivity contribution in [1.29, 1.82) is 0 Å². The van der Waals surface area contributed by atoms with E-state index in [1.54, 1.807) is 0 Å². The molecule has 0 radical (unpaired) electrons. The number of hydrogen-bond acceptors (Lipinski definition) is 4. The number of anilines is 1. The van der Waals surface area contributed by atoms with Crippen molar-refractivity contribution in [3.63, 3.8) is 0 Å². The molecule has 1 fully saturated rings. The van der Waals surface area contributed by atoms with Crippen LogP contribution in [0, 0.1) is 6.92 Å². The maximum Gasteiger partial charge on any atom is 0.226 e. The van der Waals surface area contributed by atoms with Gasteiger partial charge in [-0.2, -0.15) is 0 Å². The fourth-order valence-electron chi connectivity index (χ4n) is 3.13. The Morgan fingerprint density at radius 1 is 1.27 bits per heavy atom. The molecule has 1 amide bonds. The van der Waals surface area contributed by atoms with Crippen LogP contribution in [0.1, 0.15) is 32.8 Å². The highest BCUT2D eigenvalue weighted by Gasteiger charge is 2.28. The molecule has 0 aromatic heterocycles. The van der Waals surface area contributed by atoms with E-state index < -0.39 is 0 Å². The number of rotatable bonds is 8. The Balaban J connectivity index is 0.00000450. The van der Waals surface area contributed by atoms with Crippen molar-refractivity contribution < 1.29 is 9.53 Å². The van der Waals surface area contributed by atoms with Crippen molar-refractivity contribution in [3.05, 3.63) is 28.8 Å². The van der Waals surface area contributed by atoms with E-state index >= 15 is 0 Å². The Morgan fingerprint density at radius 2 is 1.97 bits per heavy atom. The van der Waals surface area contributed by atoms with Gasteiger partial charge in [0.05, 0.1) is 19.8 Å². The van der Waals surface area contributed by atoms with Gasteiger partial charge in [-0.05, 0) is 45.4 Å². The zero-order valence-corrected chi connectivity index (χ0v) is 21.5. The molecule has 0 bridgehead atoms. The first kappa shape index (κ1) is 26.9. The van der Waals surface area contributed by atoms with Gasteiger partial charge in [-0.25, -0.2) is 0 Å². The average molecular weight is 552 g/mol. The van der Waals surface area contributed by atoms with E-state index in [9.17, 15) is 4.79 Å². The summed E-state index contributed by atoms with van der Waals surface area (Å²) in [6, 6.07) is 5.49. The molecule has 0 atom stereocenters. The molecule has 170 valence electrons. The quantitative estimate of drug-likeness (QED) is 0.263. The molecule has 1 aromatic rings. The molecule has 0 aliphatic carbocycles. The van der Waals surface area contributed by atoms with Crippen LogP contribution in [0.4, 0.5) is 5.69 Å². The van der Waals surface area contributed by atoms with Crippen LogP contribution in [-0.4, -0.2) is 68.2 Å². The molecule has 1 aliphatic rings. The minimum atomic E-state index is -0.0626. The van der Waals surface area contributed by atoms with Crippen LogP contribution in [0.2, 0.25) is 5.02 Å². The number of nitrogens with one attached hydrogen (secondary N) is 3. The van der Waals surface area contributed by atoms with Gasteiger partial charge >= 0.3 is 0 Å². The lowest BCUT2D eigenvalue weighted by atomic mass is 10.0. The number of halogens is 2. The van der Waals surface area contributed by atoms with Crippen LogP contribution in [-0.2, 0) is 9.53 Å². The first-order valence-electron chi connectivity index (χ1n) is 10.2. The molecule has 3 N–H and O–H groups in total. The lowest BCUT2D eigenvalue weighted by Gasteiger charge is -2.39. The molecule has 30 heavy (non-hydrogen) atoms. The molecular weight excluding hydrogens is 517 g/mol. The summed E-state index contributed by atoms with van der Waals surface area (Å²) in [4.78, 5) is 19.4. The third-order valence-corrected chi connectivity index (χ3v) is 5.43. The first-order chi connectivity index (χ1) is 13.8. The maximum absolute atomic E-state index is 12.3. The summed E-state index contributed by atoms with van der Waals surface area (Å²) in [6.45, 7) is 13.6. The summed E-state index contributed by atoms with van der Waals surface area (Å²) >= 11 is 6.11. The molecule has 1 saturated heterocycles. The number of morpholine rings is 1. The van der Waals surface area contributed by atoms with Gasteiger partial charge in [0.2, 0.25) is 5.91 Å². The number of carbonyl (C=O) groups is 1. The van der Waals surface area contributed by atoms with Crippen molar-refractivity contribution in [2.45, 2.75) is 39.7 Å². The van der Waals surface area contributed by atoms with Crippen molar-refractivity contribution >= 4 is 53.1 Å². The van der Waals surface area contributed by atoms with E-state index in [4.69, 9.17) is 21.3 Å². The van der Waals surface area contributed by atoms with Crippen LogP contribution in [0.3, 0.4) is 0 Å². The zero-order valence-electron chi connectivity index (χ0n) is 18.4. The zero-order chi connectivity index (χ0) is 21.3. The number of hydrogen-bond donors (Lipinski definition) is 3. The highest BCUT2D eigenvalue weighted by molar-refractivity contribution is 14.0. The fourth-order valence-corrected chi connectivity index (χ4v) is 3.31. The van der Waals surface area contributed by atoms with E-state index in [1.165, 1.54) is 0 Å². The standard InChI is InChI=1S/C21H34ClN5O2.HI/c1-5-23-20(25-15-21(3,4)27-11-13-29-14-12-27)24-10-9-19(28)26-18-8-6-7-17(22)16(18)2;/h6-8H,5,9-15H2,1-4H3,(H,26,28)(H2,23,24,25);1H. The average Bonchev–Trinajstić information content (AvgIpc) is 2.70. The molecule has 0 unspecified atom stereocenters. The van der Waals surface area contributed by atoms with E-state index in [-0.39, 0.29) is 35.4 Å².